The van der Waals surface area contributed by atoms with E-state index in [1.807, 2.05) is 44.2 Å². The van der Waals surface area contributed by atoms with Gasteiger partial charge < -0.3 is 29.7 Å². The molecule has 3 aromatic carbocycles. The van der Waals surface area contributed by atoms with Crippen LogP contribution in [0.1, 0.15) is 49.4 Å². The fourth-order valence-electron chi connectivity index (χ4n) is 5.96. The van der Waals surface area contributed by atoms with Gasteiger partial charge in [-0.25, -0.2) is 17.8 Å². The van der Waals surface area contributed by atoms with Crippen molar-refractivity contribution in [2.24, 2.45) is 12.5 Å². The number of fused-ring (bicyclic) bond motifs is 1. The lowest BCUT2D eigenvalue weighted by molar-refractivity contribution is 0.160. The van der Waals surface area contributed by atoms with Crippen LogP contribution in [0, 0.1) is 11.2 Å². The van der Waals surface area contributed by atoms with Crippen molar-refractivity contribution in [2.75, 3.05) is 16.0 Å². The summed E-state index contributed by atoms with van der Waals surface area (Å²) in [5.41, 5.74) is 1.36. The zero-order valence-electron chi connectivity index (χ0n) is 24.0. The quantitative estimate of drug-likeness (QED) is 0.245. The Labute approximate surface area is 249 Å². The van der Waals surface area contributed by atoms with Gasteiger partial charge in [0.2, 0.25) is 0 Å². The molecule has 2 aliphatic heterocycles. The molecule has 43 heavy (non-hydrogen) atoms. The summed E-state index contributed by atoms with van der Waals surface area (Å²) in [5.74, 6) is -0.751. The standard InChI is InChI=1S/C32H33FN4O5S/c1-32(2)15-24-30(43(40,41)18-32)29(22-13-12-21(14-23(22)33)42-17-20-8-5-4-6-9-20)37(31(39)25-16-36(3)19-34-25)26-10-7-11-27(38)28(26)35-24/h4-14,16,19,29,31,35,38-39H,15,17-18H2,1-3H3. The molecule has 0 aliphatic carbocycles. The van der Waals surface area contributed by atoms with E-state index in [2.05, 4.69) is 10.3 Å². The van der Waals surface area contributed by atoms with Crippen LogP contribution in [0.15, 0.2) is 89.9 Å². The summed E-state index contributed by atoms with van der Waals surface area (Å²) in [6.45, 7) is 3.92. The third-order valence-electron chi connectivity index (χ3n) is 7.74. The summed E-state index contributed by atoms with van der Waals surface area (Å²) in [7, 11) is -2.26. The molecule has 0 saturated carbocycles. The molecule has 2 unspecified atom stereocenters. The van der Waals surface area contributed by atoms with Gasteiger partial charge in [-0.2, -0.15) is 0 Å². The van der Waals surface area contributed by atoms with Crippen LogP contribution in [0.5, 0.6) is 11.5 Å². The molecule has 0 bridgehead atoms. The zero-order valence-corrected chi connectivity index (χ0v) is 24.8. The van der Waals surface area contributed by atoms with Gasteiger partial charge >= 0.3 is 0 Å². The Bertz CT molecular complexity index is 1820. The number of aromatic hydroxyl groups is 1. The highest BCUT2D eigenvalue weighted by Gasteiger charge is 2.48. The molecule has 224 valence electrons. The van der Waals surface area contributed by atoms with E-state index in [1.165, 1.54) is 29.4 Å². The van der Waals surface area contributed by atoms with E-state index >= 15 is 4.39 Å². The third-order valence-corrected chi connectivity index (χ3v) is 10.0. The highest BCUT2D eigenvalue weighted by molar-refractivity contribution is 7.95. The maximum absolute atomic E-state index is 16.3. The van der Waals surface area contributed by atoms with Crippen LogP contribution in [0.2, 0.25) is 0 Å². The second-order valence-electron chi connectivity index (χ2n) is 11.8. The fourth-order valence-corrected chi connectivity index (χ4v) is 8.32. The number of aliphatic hydroxyl groups excluding tert-OH is 1. The van der Waals surface area contributed by atoms with Crippen LogP contribution < -0.4 is 15.0 Å². The SMILES string of the molecule is Cn1cnc(C(O)N2c3cccc(O)c3NC3=C(C2c2ccc(OCc4ccccc4)cc2F)S(=O)(=O)CC(C)(C)C3)c1. The number of nitrogens with zero attached hydrogens (tertiary/aromatic N) is 3. The van der Waals surface area contributed by atoms with Gasteiger partial charge in [-0.3, -0.25) is 0 Å². The monoisotopic (exact) mass is 604 g/mol. The summed E-state index contributed by atoms with van der Waals surface area (Å²) < 4.78 is 52.0. The van der Waals surface area contributed by atoms with Crippen molar-refractivity contribution in [2.45, 2.75) is 39.1 Å². The molecule has 4 aromatic rings. The molecule has 1 aromatic heterocycles. The summed E-state index contributed by atoms with van der Waals surface area (Å²) in [5, 5.41) is 26.0. The molecule has 9 nitrogen and oxygen atoms in total. The predicted octanol–water partition coefficient (Wildman–Crippen LogP) is 5.56. The maximum Gasteiger partial charge on any atom is 0.179 e. The first-order valence-corrected chi connectivity index (χ1v) is 15.5. The number of rotatable bonds is 6. The fraction of sp³-hybridized carbons (Fsp3) is 0.281. The lowest BCUT2D eigenvalue weighted by atomic mass is 9.88. The molecule has 0 radical (unpaired) electrons. The second-order valence-corrected chi connectivity index (χ2v) is 13.8. The minimum absolute atomic E-state index is 0.0239. The molecule has 3 N–H and O–H groups in total. The number of nitrogens with one attached hydrogen (secondary N) is 1. The number of aromatic nitrogens is 2. The summed E-state index contributed by atoms with van der Waals surface area (Å²) in [6, 6.07) is 17.2. The van der Waals surface area contributed by atoms with Crippen LogP contribution in [-0.4, -0.2) is 33.9 Å². The van der Waals surface area contributed by atoms with Crippen molar-refractivity contribution in [1.29, 1.82) is 0 Å². The van der Waals surface area contributed by atoms with E-state index in [1.54, 1.807) is 36.0 Å². The Hall–Kier alpha value is -4.35. The van der Waals surface area contributed by atoms with Crippen LogP contribution in [0.25, 0.3) is 0 Å². The first kappa shape index (κ1) is 28.8. The number of para-hydroxylation sites is 1. The number of hydrogen-bond acceptors (Lipinski definition) is 8. The van der Waals surface area contributed by atoms with E-state index in [-0.39, 0.29) is 51.4 Å². The van der Waals surface area contributed by atoms with Crippen molar-refractivity contribution >= 4 is 21.2 Å². The summed E-state index contributed by atoms with van der Waals surface area (Å²) >= 11 is 0. The minimum atomic E-state index is -4.00. The molecular formula is C32H33FN4O5S. The lowest BCUT2D eigenvalue weighted by Gasteiger charge is -2.40. The van der Waals surface area contributed by atoms with E-state index in [0.717, 1.165) is 5.56 Å². The number of phenolic OH excluding ortho intramolecular Hbond substituents is 1. The van der Waals surface area contributed by atoms with Gasteiger partial charge in [-0.15, -0.1) is 0 Å². The van der Waals surface area contributed by atoms with Crippen molar-refractivity contribution in [3.63, 3.8) is 0 Å². The van der Waals surface area contributed by atoms with Crippen molar-refractivity contribution in [1.82, 2.24) is 9.55 Å². The number of aliphatic hydroxyl groups is 1. The Balaban J connectivity index is 1.55. The Morgan fingerprint density at radius 1 is 1.14 bits per heavy atom. The normalized spacial score (nSPS) is 19.6. The van der Waals surface area contributed by atoms with Gasteiger partial charge in [0.05, 0.1) is 28.7 Å². The van der Waals surface area contributed by atoms with Crippen molar-refractivity contribution in [3.05, 3.63) is 112 Å². The second kappa shape index (κ2) is 10.7. The summed E-state index contributed by atoms with van der Waals surface area (Å²) in [4.78, 5) is 5.65. The minimum Gasteiger partial charge on any atom is -0.506 e. The number of aryl methyl sites for hydroxylation is 1. The van der Waals surface area contributed by atoms with E-state index in [0.29, 0.717) is 12.1 Å². The maximum atomic E-state index is 16.3. The number of phenols is 1. The largest absolute Gasteiger partial charge is 0.506 e. The first-order valence-electron chi connectivity index (χ1n) is 13.9. The molecular weight excluding hydrogens is 571 g/mol. The Kier molecular flexibility index (Phi) is 7.18. The summed E-state index contributed by atoms with van der Waals surface area (Å²) in [6.07, 6.45) is 1.93. The zero-order chi connectivity index (χ0) is 30.5. The smallest absolute Gasteiger partial charge is 0.179 e. The molecule has 6 rings (SSSR count). The number of anilines is 2. The molecule has 0 spiro atoms. The van der Waals surface area contributed by atoms with E-state index < -0.39 is 33.3 Å². The molecule has 0 fully saturated rings. The lowest BCUT2D eigenvalue weighted by Crippen LogP contribution is -2.40. The van der Waals surface area contributed by atoms with Crippen LogP contribution in [0.3, 0.4) is 0 Å². The molecule has 2 aliphatic rings. The number of hydrogen-bond donors (Lipinski definition) is 3. The van der Waals surface area contributed by atoms with Gasteiger partial charge in [-0.1, -0.05) is 50.2 Å². The molecule has 0 amide bonds. The Morgan fingerprint density at radius 2 is 1.91 bits per heavy atom. The Morgan fingerprint density at radius 3 is 2.60 bits per heavy atom. The third kappa shape index (κ3) is 5.46. The van der Waals surface area contributed by atoms with Crippen LogP contribution >= 0.6 is 0 Å². The van der Waals surface area contributed by atoms with Gasteiger partial charge in [0.1, 0.15) is 35.3 Å². The van der Waals surface area contributed by atoms with Crippen LogP contribution in [0.4, 0.5) is 15.8 Å². The van der Waals surface area contributed by atoms with Gasteiger partial charge in [0.25, 0.3) is 0 Å². The number of halogens is 1. The van der Waals surface area contributed by atoms with E-state index in [9.17, 15) is 18.6 Å². The van der Waals surface area contributed by atoms with Gasteiger partial charge in [-0.05, 0) is 41.7 Å². The number of allylic oxidation sites excluding steroid dienone is 1. The first-order chi connectivity index (χ1) is 20.4. The molecule has 2 atom stereocenters. The van der Waals surface area contributed by atoms with Crippen molar-refractivity contribution < 1.29 is 27.8 Å². The molecule has 0 saturated heterocycles. The number of imidazole rings is 1. The van der Waals surface area contributed by atoms with Crippen molar-refractivity contribution in [3.8, 4) is 11.5 Å². The van der Waals surface area contributed by atoms with Gasteiger partial charge in [0, 0.05) is 30.6 Å². The van der Waals surface area contributed by atoms with Gasteiger partial charge in [0.15, 0.2) is 16.1 Å². The topological polar surface area (TPSA) is 117 Å². The average Bonchev–Trinajstić information content (AvgIpc) is 3.32. The molecule has 11 heteroatoms. The number of benzene rings is 3. The van der Waals surface area contributed by atoms with Crippen LogP contribution in [-0.2, 0) is 23.5 Å². The highest BCUT2D eigenvalue weighted by atomic mass is 32.2. The number of ether oxygens (including phenoxy) is 1. The number of sulfone groups is 1. The highest BCUT2D eigenvalue weighted by Crippen LogP contribution is 2.53. The molecule has 3 heterocycles. The predicted molar refractivity (Wildman–Crippen MR) is 162 cm³/mol. The average molecular weight is 605 g/mol. The van der Waals surface area contributed by atoms with E-state index in [4.69, 9.17) is 4.74 Å².